The maximum Gasteiger partial charge on any atom is 0.254 e. The molecule has 0 aliphatic carbocycles. The highest BCUT2D eigenvalue weighted by molar-refractivity contribution is 6.02. The lowest BCUT2D eigenvalue weighted by Crippen LogP contribution is -2.64. The van der Waals surface area contributed by atoms with E-state index in [2.05, 4.69) is 10.3 Å². The minimum atomic E-state index is -0.474. The fourth-order valence-electron chi connectivity index (χ4n) is 5.22. The predicted molar refractivity (Wildman–Crippen MR) is 123 cm³/mol. The van der Waals surface area contributed by atoms with E-state index in [1.54, 1.807) is 37.7 Å². The summed E-state index contributed by atoms with van der Waals surface area (Å²) >= 11 is 0. The molecule has 172 valence electrons. The molecule has 1 amide bonds. The summed E-state index contributed by atoms with van der Waals surface area (Å²) in [5.74, 6) is 1.50. The van der Waals surface area contributed by atoms with Crippen molar-refractivity contribution in [3.8, 4) is 17.2 Å². The number of carbonyl (C=O) groups is 2. The van der Waals surface area contributed by atoms with Crippen LogP contribution in [0.1, 0.15) is 37.8 Å². The molecule has 3 atom stereocenters. The number of pyridine rings is 1. The number of amides is 1. The van der Waals surface area contributed by atoms with Gasteiger partial charge in [-0.2, -0.15) is 0 Å². The van der Waals surface area contributed by atoms with Gasteiger partial charge in [0.25, 0.3) is 5.91 Å². The first-order valence-corrected chi connectivity index (χ1v) is 11.2. The molecule has 8 nitrogen and oxygen atoms in total. The number of carbonyl (C=O) groups excluding carboxylic acids is 2. The van der Waals surface area contributed by atoms with Crippen LogP contribution in [0, 0.1) is 0 Å². The Labute approximate surface area is 196 Å². The van der Waals surface area contributed by atoms with Crippen molar-refractivity contribution in [1.82, 2.24) is 15.2 Å². The molecule has 1 saturated heterocycles. The second-order valence-corrected chi connectivity index (χ2v) is 8.61. The normalized spacial score (nSPS) is 22.7. The Bertz CT molecular complexity index is 1280. The number of methoxy groups -OCH3 is 1. The number of aromatic nitrogens is 1. The Hall–Kier alpha value is -3.91. The summed E-state index contributed by atoms with van der Waals surface area (Å²) in [7, 11) is 1.59. The number of nitrogens with zero attached hydrogens (tertiary/aromatic N) is 2. The van der Waals surface area contributed by atoms with E-state index in [0.717, 1.165) is 11.1 Å². The SMILES string of the molecule is COc1cc([C@H]2c3cnccc3C(=O)N3C[C@@H](C(=O)c4ccccc4)NC[C@H]23)cc2c1OCO2. The molecule has 3 aromatic rings. The molecule has 0 saturated carbocycles. The minimum absolute atomic E-state index is 0.0197. The standard InChI is InChI=1S/C26H23N3O5/c1-32-21-9-16(10-22-25(21)34-14-33-22)23-18-11-27-8-7-17(18)26(31)29-13-19(28-12-20(23)29)24(30)15-5-3-2-4-6-15/h2-11,19-20,23,28H,12-14H2,1H3/t19-,20+,23-/m0/s1. The van der Waals surface area contributed by atoms with E-state index in [9.17, 15) is 9.59 Å². The van der Waals surface area contributed by atoms with Crippen molar-refractivity contribution in [2.75, 3.05) is 27.0 Å². The third-order valence-corrected chi connectivity index (χ3v) is 6.83. The summed E-state index contributed by atoms with van der Waals surface area (Å²) in [5.41, 5.74) is 3.02. The van der Waals surface area contributed by atoms with Crippen LogP contribution in [0.4, 0.5) is 0 Å². The summed E-state index contributed by atoms with van der Waals surface area (Å²) < 4.78 is 16.8. The van der Waals surface area contributed by atoms with E-state index in [1.165, 1.54) is 0 Å². The fourth-order valence-corrected chi connectivity index (χ4v) is 5.22. The molecule has 0 spiro atoms. The maximum atomic E-state index is 13.5. The quantitative estimate of drug-likeness (QED) is 0.603. The molecular weight excluding hydrogens is 434 g/mol. The molecule has 8 heteroatoms. The van der Waals surface area contributed by atoms with Gasteiger partial charge in [-0.3, -0.25) is 14.6 Å². The van der Waals surface area contributed by atoms with Gasteiger partial charge in [-0.05, 0) is 29.3 Å². The van der Waals surface area contributed by atoms with Crippen molar-refractivity contribution in [3.63, 3.8) is 0 Å². The van der Waals surface area contributed by atoms with Crippen LogP contribution in [0.3, 0.4) is 0 Å². The Morgan fingerprint density at radius 2 is 2.03 bits per heavy atom. The molecule has 3 aliphatic heterocycles. The van der Waals surface area contributed by atoms with Crippen LogP contribution in [0.15, 0.2) is 60.9 Å². The lowest BCUT2D eigenvalue weighted by Gasteiger charge is -2.47. The number of hydrogen-bond acceptors (Lipinski definition) is 7. The van der Waals surface area contributed by atoms with Gasteiger partial charge in [0.1, 0.15) is 0 Å². The fraction of sp³-hybridized carbons (Fsp3) is 0.269. The molecule has 1 aromatic heterocycles. The Morgan fingerprint density at radius 1 is 1.18 bits per heavy atom. The van der Waals surface area contributed by atoms with Gasteiger partial charge in [-0.15, -0.1) is 0 Å². The first-order chi connectivity index (χ1) is 16.7. The molecule has 2 aromatic carbocycles. The van der Waals surface area contributed by atoms with Gasteiger partial charge >= 0.3 is 0 Å². The van der Waals surface area contributed by atoms with E-state index in [1.807, 2.05) is 35.2 Å². The van der Waals surface area contributed by atoms with E-state index >= 15 is 0 Å². The highest BCUT2D eigenvalue weighted by atomic mass is 16.7. The van der Waals surface area contributed by atoms with Crippen molar-refractivity contribution < 1.29 is 23.8 Å². The lowest BCUT2D eigenvalue weighted by molar-refractivity contribution is 0.0505. The number of nitrogens with one attached hydrogen (secondary N) is 1. The van der Waals surface area contributed by atoms with Crippen molar-refractivity contribution >= 4 is 11.7 Å². The molecule has 1 N–H and O–H groups in total. The van der Waals surface area contributed by atoms with Crippen LogP contribution in [0.5, 0.6) is 17.2 Å². The minimum Gasteiger partial charge on any atom is -0.493 e. The van der Waals surface area contributed by atoms with Gasteiger partial charge in [-0.25, -0.2) is 0 Å². The summed E-state index contributed by atoms with van der Waals surface area (Å²) in [6.07, 6.45) is 3.39. The zero-order chi connectivity index (χ0) is 23.2. The van der Waals surface area contributed by atoms with Crippen molar-refractivity contribution in [1.29, 1.82) is 0 Å². The number of rotatable bonds is 4. The van der Waals surface area contributed by atoms with E-state index in [-0.39, 0.29) is 37.0 Å². The maximum absolute atomic E-state index is 13.5. The summed E-state index contributed by atoms with van der Waals surface area (Å²) in [6.45, 7) is 0.888. The lowest BCUT2D eigenvalue weighted by atomic mass is 9.77. The number of piperazine rings is 1. The van der Waals surface area contributed by atoms with Crippen LogP contribution in [0.25, 0.3) is 0 Å². The Morgan fingerprint density at radius 3 is 2.85 bits per heavy atom. The van der Waals surface area contributed by atoms with Gasteiger partial charge in [0.2, 0.25) is 12.5 Å². The van der Waals surface area contributed by atoms with Crippen LogP contribution in [0.2, 0.25) is 0 Å². The highest BCUT2D eigenvalue weighted by Gasteiger charge is 2.45. The first-order valence-electron chi connectivity index (χ1n) is 11.2. The summed E-state index contributed by atoms with van der Waals surface area (Å²) in [5, 5.41) is 3.40. The Kier molecular flexibility index (Phi) is 4.95. The number of benzene rings is 2. The summed E-state index contributed by atoms with van der Waals surface area (Å²) in [4.78, 5) is 32.8. The molecule has 0 bridgehead atoms. The van der Waals surface area contributed by atoms with Gasteiger partial charge in [-0.1, -0.05) is 30.3 Å². The summed E-state index contributed by atoms with van der Waals surface area (Å²) in [6, 6.07) is 14.1. The average molecular weight is 457 g/mol. The highest BCUT2D eigenvalue weighted by Crippen LogP contribution is 2.47. The number of hydrogen-bond donors (Lipinski definition) is 1. The number of ketones is 1. The Balaban J connectivity index is 1.40. The monoisotopic (exact) mass is 457 g/mol. The van der Waals surface area contributed by atoms with Gasteiger partial charge < -0.3 is 24.4 Å². The van der Waals surface area contributed by atoms with E-state index in [0.29, 0.717) is 34.9 Å². The molecule has 4 heterocycles. The third-order valence-electron chi connectivity index (χ3n) is 6.83. The van der Waals surface area contributed by atoms with Gasteiger partial charge in [0.05, 0.1) is 19.2 Å². The van der Waals surface area contributed by atoms with Crippen molar-refractivity contribution in [3.05, 3.63) is 83.2 Å². The van der Waals surface area contributed by atoms with E-state index < -0.39 is 6.04 Å². The molecule has 6 rings (SSSR count). The smallest absolute Gasteiger partial charge is 0.254 e. The predicted octanol–water partition coefficient (Wildman–Crippen LogP) is 2.63. The van der Waals surface area contributed by atoms with Crippen LogP contribution >= 0.6 is 0 Å². The average Bonchev–Trinajstić information content (AvgIpc) is 3.37. The number of ether oxygens (including phenoxy) is 3. The van der Waals surface area contributed by atoms with Crippen molar-refractivity contribution in [2.24, 2.45) is 0 Å². The van der Waals surface area contributed by atoms with Crippen molar-refractivity contribution in [2.45, 2.75) is 18.0 Å². The van der Waals surface area contributed by atoms with Crippen LogP contribution in [-0.4, -0.2) is 60.7 Å². The van der Waals surface area contributed by atoms with Gasteiger partial charge in [0.15, 0.2) is 17.3 Å². The number of fused-ring (bicyclic) bond motifs is 3. The zero-order valence-electron chi connectivity index (χ0n) is 18.6. The van der Waals surface area contributed by atoms with Crippen LogP contribution < -0.4 is 19.5 Å². The largest absolute Gasteiger partial charge is 0.493 e. The van der Waals surface area contributed by atoms with Gasteiger partial charge in [0, 0.05) is 42.5 Å². The topological polar surface area (TPSA) is 90.0 Å². The molecule has 0 radical (unpaired) electrons. The zero-order valence-corrected chi connectivity index (χ0v) is 18.6. The third kappa shape index (κ3) is 3.21. The molecular formula is C26H23N3O5. The molecule has 0 unspecified atom stereocenters. The van der Waals surface area contributed by atoms with E-state index in [4.69, 9.17) is 14.2 Å². The first kappa shape index (κ1) is 20.7. The van der Waals surface area contributed by atoms with Crippen LogP contribution in [-0.2, 0) is 0 Å². The molecule has 3 aliphatic rings. The molecule has 34 heavy (non-hydrogen) atoms. The molecule has 1 fully saturated rings. The number of Topliss-reactive ketones (excluding diaryl/α,β-unsaturated/α-hetero) is 1. The second kappa shape index (κ2) is 8.14. The second-order valence-electron chi connectivity index (χ2n) is 8.61.